The predicted octanol–water partition coefficient (Wildman–Crippen LogP) is 2.65. The van der Waals surface area contributed by atoms with Crippen LogP contribution in [0, 0.1) is 4.77 Å². The molecule has 0 fully saturated rings. The number of aromatic nitrogens is 5. The number of nitrogens with one attached hydrogen (secondary N) is 1. The second-order valence-corrected chi connectivity index (χ2v) is 7.53. The summed E-state index contributed by atoms with van der Waals surface area (Å²) in [6.45, 7) is 9.39. The van der Waals surface area contributed by atoms with Crippen LogP contribution in [0.25, 0.3) is 11.5 Å². The van der Waals surface area contributed by atoms with Crippen molar-refractivity contribution in [3.63, 3.8) is 0 Å². The minimum atomic E-state index is -0.514. The zero-order valence-electron chi connectivity index (χ0n) is 15.3. The van der Waals surface area contributed by atoms with Gasteiger partial charge in [0.05, 0.1) is 6.54 Å². The van der Waals surface area contributed by atoms with E-state index in [-0.39, 0.29) is 6.09 Å². The molecule has 9 heteroatoms. The number of carbonyl (C=O) groups excluding carboxylic acids is 1. The summed E-state index contributed by atoms with van der Waals surface area (Å²) in [5.41, 5.74) is 2.37. The summed E-state index contributed by atoms with van der Waals surface area (Å²) >= 11 is 5.28. The van der Waals surface area contributed by atoms with E-state index in [1.807, 2.05) is 44.0 Å². The molecule has 136 valence electrons. The van der Waals surface area contributed by atoms with E-state index in [1.54, 1.807) is 4.90 Å². The lowest BCUT2D eigenvalue weighted by molar-refractivity contribution is 0.0223. The maximum atomic E-state index is 12.4. The fraction of sp³-hybridized carbons (Fsp3) is 0.625. The van der Waals surface area contributed by atoms with Gasteiger partial charge in [-0.15, -0.1) is 0 Å². The van der Waals surface area contributed by atoms with Crippen molar-refractivity contribution >= 4 is 18.3 Å². The zero-order chi connectivity index (χ0) is 18.4. The van der Waals surface area contributed by atoms with Crippen molar-refractivity contribution in [2.24, 2.45) is 7.05 Å². The molecule has 25 heavy (non-hydrogen) atoms. The van der Waals surface area contributed by atoms with E-state index in [0.717, 1.165) is 23.4 Å². The first-order valence-corrected chi connectivity index (χ1v) is 8.80. The Kier molecular flexibility index (Phi) is 4.44. The molecule has 2 aromatic heterocycles. The lowest BCUT2D eigenvalue weighted by atomic mass is 10.1. The summed E-state index contributed by atoms with van der Waals surface area (Å²) in [6, 6.07) is 0. The monoisotopic (exact) mass is 364 g/mol. The molecule has 8 nitrogen and oxygen atoms in total. The smallest absolute Gasteiger partial charge is 0.410 e. The maximum Gasteiger partial charge on any atom is 0.410 e. The molecule has 0 saturated carbocycles. The Balaban J connectivity index is 1.96. The number of nitrogens with zero attached hydrogens (tertiary/aromatic N) is 5. The van der Waals surface area contributed by atoms with E-state index in [4.69, 9.17) is 17.0 Å². The van der Waals surface area contributed by atoms with Crippen molar-refractivity contribution < 1.29 is 9.53 Å². The Bertz CT molecular complexity index is 857. The van der Waals surface area contributed by atoms with Gasteiger partial charge in [0, 0.05) is 37.8 Å². The Labute approximate surface area is 151 Å². The summed E-state index contributed by atoms with van der Waals surface area (Å²) in [5, 5.41) is 11.8. The fourth-order valence-corrected chi connectivity index (χ4v) is 3.31. The molecular formula is C16H24N6O2S. The SMILES string of the molecule is CCn1c(-c2nn(C)c3c2CN(C(=O)OC(C)(C)C)CC3)n[nH]c1=S. The predicted molar refractivity (Wildman–Crippen MR) is 95.6 cm³/mol. The molecule has 0 atom stereocenters. The fourth-order valence-electron chi connectivity index (χ4n) is 3.05. The average Bonchev–Trinajstić information content (AvgIpc) is 3.05. The van der Waals surface area contributed by atoms with Gasteiger partial charge in [-0.05, 0) is 39.9 Å². The van der Waals surface area contributed by atoms with Crippen LogP contribution in [0.3, 0.4) is 0 Å². The molecule has 1 aliphatic heterocycles. The first-order chi connectivity index (χ1) is 11.7. The summed E-state index contributed by atoms with van der Waals surface area (Å²) in [7, 11) is 1.92. The topological polar surface area (TPSA) is 81.0 Å². The third-order valence-corrected chi connectivity index (χ3v) is 4.49. The Hall–Kier alpha value is -2.16. The number of amides is 1. The Morgan fingerprint density at radius 2 is 2.12 bits per heavy atom. The van der Waals surface area contributed by atoms with Gasteiger partial charge in [0.25, 0.3) is 0 Å². The molecule has 0 aliphatic carbocycles. The number of rotatable bonds is 2. The molecule has 0 spiro atoms. The lowest BCUT2D eigenvalue weighted by Crippen LogP contribution is -2.40. The molecule has 2 aromatic rings. The maximum absolute atomic E-state index is 12.4. The van der Waals surface area contributed by atoms with Crippen molar-refractivity contribution in [3.8, 4) is 11.5 Å². The zero-order valence-corrected chi connectivity index (χ0v) is 16.1. The highest BCUT2D eigenvalue weighted by molar-refractivity contribution is 7.71. The van der Waals surface area contributed by atoms with Crippen molar-refractivity contribution in [2.75, 3.05) is 6.54 Å². The number of carbonyl (C=O) groups is 1. The molecule has 0 saturated heterocycles. The van der Waals surface area contributed by atoms with Crippen LogP contribution in [-0.4, -0.2) is 47.7 Å². The average molecular weight is 364 g/mol. The van der Waals surface area contributed by atoms with Crippen LogP contribution in [0.2, 0.25) is 0 Å². The molecule has 1 aliphatic rings. The molecule has 1 N–H and O–H groups in total. The van der Waals surface area contributed by atoms with Crippen LogP contribution >= 0.6 is 12.2 Å². The lowest BCUT2D eigenvalue weighted by Gasteiger charge is -2.30. The van der Waals surface area contributed by atoms with Crippen LogP contribution in [-0.2, 0) is 31.3 Å². The number of H-pyrrole nitrogens is 1. The molecule has 3 heterocycles. The van der Waals surface area contributed by atoms with Crippen LogP contribution < -0.4 is 0 Å². The summed E-state index contributed by atoms with van der Waals surface area (Å²) in [6.07, 6.45) is 0.428. The number of hydrogen-bond acceptors (Lipinski definition) is 5. The Morgan fingerprint density at radius 1 is 1.40 bits per heavy atom. The van der Waals surface area contributed by atoms with Gasteiger partial charge in [-0.3, -0.25) is 14.3 Å². The minimum Gasteiger partial charge on any atom is -0.444 e. The molecule has 0 bridgehead atoms. The largest absolute Gasteiger partial charge is 0.444 e. The van der Waals surface area contributed by atoms with E-state index < -0.39 is 5.60 Å². The summed E-state index contributed by atoms with van der Waals surface area (Å²) < 4.78 is 9.85. The quantitative estimate of drug-likeness (QED) is 0.829. The van der Waals surface area contributed by atoms with Crippen LogP contribution in [0.1, 0.15) is 39.0 Å². The van der Waals surface area contributed by atoms with Crippen molar-refractivity contribution in [3.05, 3.63) is 16.0 Å². The Morgan fingerprint density at radius 3 is 2.76 bits per heavy atom. The van der Waals surface area contributed by atoms with Gasteiger partial charge in [-0.1, -0.05) is 0 Å². The molecule has 0 radical (unpaired) electrons. The van der Waals surface area contributed by atoms with Crippen molar-refractivity contribution in [1.82, 2.24) is 29.4 Å². The van der Waals surface area contributed by atoms with Gasteiger partial charge in [0.15, 0.2) is 10.6 Å². The van der Waals surface area contributed by atoms with Crippen LogP contribution in [0.15, 0.2) is 0 Å². The summed E-state index contributed by atoms with van der Waals surface area (Å²) in [4.78, 5) is 14.2. The highest BCUT2D eigenvalue weighted by Crippen LogP contribution is 2.29. The number of hydrogen-bond donors (Lipinski definition) is 1. The number of ether oxygens (including phenoxy) is 1. The van der Waals surface area contributed by atoms with E-state index in [9.17, 15) is 4.79 Å². The summed E-state index contributed by atoms with van der Waals surface area (Å²) in [5.74, 6) is 0.704. The van der Waals surface area contributed by atoms with E-state index in [0.29, 0.717) is 30.2 Å². The van der Waals surface area contributed by atoms with Gasteiger partial charge in [0.1, 0.15) is 11.3 Å². The standard InChI is InChI=1S/C16H24N6O2S/c1-6-22-13(17-18-14(22)25)12-10-9-21(15(23)24-16(2,3)4)8-7-11(10)20(5)19-12/h6-9H2,1-5H3,(H,18,25). The second kappa shape index (κ2) is 6.29. The highest BCUT2D eigenvalue weighted by Gasteiger charge is 2.31. The first kappa shape index (κ1) is 17.7. The van der Waals surface area contributed by atoms with Gasteiger partial charge >= 0.3 is 6.09 Å². The van der Waals surface area contributed by atoms with E-state index in [1.165, 1.54) is 0 Å². The van der Waals surface area contributed by atoms with Crippen molar-refractivity contribution in [1.29, 1.82) is 0 Å². The van der Waals surface area contributed by atoms with E-state index in [2.05, 4.69) is 15.3 Å². The third kappa shape index (κ3) is 3.33. The molecular weight excluding hydrogens is 340 g/mol. The minimum absolute atomic E-state index is 0.303. The number of fused-ring (bicyclic) bond motifs is 1. The van der Waals surface area contributed by atoms with Gasteiger partial charge in [-0.2, -0.15) is 10.2 Å². The van der Waals surface area contributed by atoms with Gasteiger partial charge in [0.2, 0.25) is 0 Å². The third-order valence-electron chi connectivity index (χ3n) is 4.18. The van der Waals surface area contributed by atoms with E-state index >= 15 is 0 Å². The normalized spacial score (nSPS) is 14.5. The second-order valence-electron chi connectivity index (χ2n) is 7.15. The van der Waals surface area contributed by atoms with Gasteiger partial charge < -0.3 is 9.64 Å². The molecule has 3 rings (SSSR count). The van der Waals surface area contributed by atoms with Crippen LogP contribution in [0.4, 0.5) is 4.79 Å². The van der Waals surface area contributed by atoms with Crippen LogP contribution in [0.5, 0.6) is 0 Å². The van der Waals surface area contributed by atoms with Crippen molar-refractivity contribution in [2.45, 2.75) is 52.8 Å². The first-order valence-electron chi connectivity index (χ1n) is 8.39. The molecule has 0 aromatic carbocycles. The molecule has 0 unspecified atom stereocenters. The number of aromatic amines is 1. The van der Waals surface area contributed by atoms with Gasteiger partial charge in [-0.25, -0.2) is 4.79 Å². The molecule has 1 amide bonds. The highest BCUT2D eigenvalue weighted by atomic mass is 32.1. The number of aryl methyl sites for hydroxylation is 1.